The molecule has 2 aromatic carbocycles. The van der Waals surface area contributed by atoms with Crippen LogP contribution in [-0.4, -0.2) is 32.6 Å². The van der Waals surface area contributed by atoms with Crippen molar-refractivity contribution < 1.29 is 4.79 Å². The predicted octanol–water partition coefficient (Wildman–Crippen LogP) is 4.32. The number of hydrogen-bond donors (Lipinski definition) is 2. The molecule has 0 aliphatic carbocycles. The number of aromatic nitrogens is 3. The second-order valence-corrected chi connectivity index (χ2v) is 7.49. The Hall–Kier alpha value is -3.02. The summed E-state index contributed by atoms with van der Waals surface area (Å²) in [6.45, 7) is 0. The largest absolute Gasteiger partial charge is 0.324 e. The van der Waals surface area contributed by atoms with Crippen molar-refractivity contribution in [3.63, 3.8) is 0 Å². The highest BCUT2D eigenvalue weighted by atomic mass is 32.2. The molecule has 3 aromatic rings. The van der Waals surface area contributed by atoms with Crippen molar-refractivity contribution >= 4 is 47.3 Å². The van der Waals surface area contributed by atoms with E-state index >= 15 is 0 Å². The van der Waals surface area contributed by atoms with Gasteiger partial charge in [-0.3, -0.25) is 9.89 Å². The van der Waals surface area contributed by atoms with Crippen LogP contribution in [0.1, 0.15) is 11.4 Å². The van der Waals surface area contributed by atoms with E-state index in [2.05, 4.69) is 26.6 Å². The fourth-order valence-corrected chi connectivity index (χ4v) is 3.53. The molecule has 3 rings (SSSR count). The van der Waals surface area contributed by atoms with E-state index in [1.54, 1.807) is 0 Å². The highest BCUT2D eigenvalue weighted by molar-refractivity contribution is 8.00. The number of nitriles is 1. The molecule has 0 aliphatic rings. The van der Waals surface area contributed by atoms with Crippen molar-refractivity contribution in [2.24, 2.45) is 0 Å². The van der Waals surface area contributed by atoms with Crippen molar-refractivity contribution in [1.29, 1.82) is 5.26 Å². The van der Waals surface area contributed by atoms with Crippen molar-refractivity contribution in [3.05, 3.63) is 66.0 Å². The third-order valence-corrected chi connectivity index (χ3v) is 5.29. The lowest BCUT2D eigenvalue weighted by atomic mass is 10.2. The lowest BCUT2D eigenvalue weighted by Gasteiger charge is -2.08. The van der Waals surface area contributed by atoms with E-state index in [9.17, 15) is 4.79 Å². The molecule has 1 aromatic heterocycles. The van der Waals surface area contributed by atoms with Crippen LogP contribution in [0.15, 0.2) is 64.6 Å². The van der Waals surface area contributed by atoms with Gasteiger partial charge in [0.25, 0.3) is 0 Å². The molecular formula is C20H17N5OS2. The highest BCUT2D eigenvalue weighted by Gasteiger charge is 2.09. The molecule has 0 aliphatic heterocycles. The number of nitrogens with zero attached hydrogens (tertiary/aromatic N) is 3. The Morgan fingerprint density at radius 2 is 1.89 bits per heavy atom. The van der Waals surface area contributed by atoms with Gasteiger partial charge >= 0.3 is 0 Å². The van der Waals surface area contributed by atoms with Gasteiger partial charge in [0.2, 0.25) is 11.1 Å². The third-order valence-electron chi connectivity index (χ3n) is 3.50. The highest BCUT2D eigenvalue weighted by Crippen LogP contribution is 2.27. The molecule has 0 unspecified atom stereocenters. The lowest BCUT2D eigenvalue weighted by Crippen LogP contribution is -2.14. The van der Waals surface area contributed by atoms with Gasteiger partial charge in [-0.15, -0.1) is 16.9 Å². The van der Waals surface area contributed by atoms with Gasteiger partial charge in [0.05, 0.1) is 23.3 Å². The number of aromatic amines is 1. The number of nitrogens with one attached hydrogen (secondary N) is 2. The molecule has 0 spiro atoms. The van der Waals surface area contributed by atoms with Crippen LogP contribution in [0.3, 0.4) is 0 Å². The minimum atomic E-state index is -0.152. The maximum absolute atomic E-state index is 12.2. The average molecular weight is 408 g/mol. The first-order chi connectivity index (χ1) is 13.7. The van der Waals surface area contributed by atoms with Crippen LogP contribution in [0.4, 0.5) is 5.69 Å². The molecule has 2 N–H and O–H groups in total. The quantitative estimate of drug-likeness (QED) is 0.540. The minimum Gasteiger partial charge on any atom is -0.324 e. The predicted molar refractivity (Wildman–Crippen MR) is 114 cm³/mol. The number of carbonyl (C=O) groups excluding carboxylic acids is 1. The Labute approximate surface area is 171 Å². The Morgan fingerprint density at radius 3 is 2.71 bits per heavy atom. The number of para-hydroxylation sites is 1. The van der Waals surface area contributed by atoms with E-state index in [0.717, 1.165) is 10.5 Å². The van der Waals surface area contributed by atoms with Gasteiger partial charge in [0, 0.05) is 4.90 Å². The zero-order valence-electron chi connectivity index (χ0n) is 14.8. The summed E-state index contributed by atoms with van der Waals surface area (Å²) in [4.78, 5) is 17.5. The molecule has 0 saturated carbocycles. The standard InChI is InChI=1S/C20H17N5OS2/c21-12-13-27-17-9-5-4-8-16(17)22-19(26)14-28-20-23-18(24-25-20)11-10-15-6-2-1-3-7-15/h1-11H,13-14H2,(H,22,26)(H,23,24,25)/b11-10+. The van der Waals surface area contributed by atoms with Crippen LogP contribution in [0.25, 0.3) is 12.2 Å². The molecule has 0 saturated heterocycles. The number of hydrogen-bond acceptors (Lipinski definition) is 6. The zero-order valence-corrected chi connectivity index (χ0v) is 16.5. The molecular weight excluding hydrogens is 390 g/mol. The summed E-state index contributed by atoms with van der Waals surface area (Å²) < 4.78 is 0. The van der Waals surface area contributed by atoms with Crippen LogP contribution in [0.2, 0.25) is 0 Å². The van der Waals surface area contributed by atoms with Crippen LogP contribution in [0, 0.1) is 11.3 Å². The summed E-state index contributed by atoms with van der Waals surface area (Å²) in [7, 11) is 0. The molecule has 140 valence electrons. The van der Waals surface area contributed by atoms with E-state index in [1.807, 2.05) is 66.7 Å². The average Bonchev–Trinajstić information content (AvgIpc) is 3.19. The van der Waals surface area contributed by atoms with Crippen LogP contribution < -0.4 is 5.32 Å². The van der Waals surface area contributed by atoms with Crippen LogP contribution in [-0.2, 0) is 4.79 Å². The van der Waals surface area contributed by atoms with Gasteiger partial charge in [-0.1, -0.05) is 60.3 Å². The normalized spacial score (nSPS) is 10.7. The van der Waals surface area contributed by atoms with E-state index in [1.165, 1.54) is 23.5 Å². The molecule has 1 heterocycles. The molecule has 0 fully saturated rings. The van der Waals surface area contributed by atoms with Gasteiger partial charge in [-0.05, 0) is 23.8 Å². The van der Waals surface area contributed by atoms with Gasteiger partial charge in [-0.2, -0.15) is 5.26 Å². The molecule has 6 nitrogen and oxygen atoms in total. The summed E-state index contributed by atoms with van der Waals surface area (Å²) >= 11 is 2.65. The Kier molecular flexibility index (Phi) is 7.29. The van der Waals surface area contributed by atoms with Crippen LogP contribution in [0.5, 0.6) is 0 Å². The first kappa shape index (κ1) is 19.7. The van der Waals surface area contributed by atoms with Crippen molar-refractivity contribution in [1.82, 2.24) is 15.2 Å². The number of amides is 1. The molecule has 0 radical (unpaired) electrons. The van der Waals surface area contributed by atoms with Crippen LogP contribution >= 0.6 is 23.5 Å². The van der Waals surface area contributed by atoms with Crippen molar-refractivity contribution in [2.45, 2.75) is 10.1 Å². The van der Waals surface area contributed by atoms with E-state index in [-0.39, 0.29) is 11.7 Å². The maximum atomic E-state index is 12.2. The number of H-pyrrole nitrogens is 1. The number of rotatable bonds is 8. The summed E-state index contributed by atoms with van der Waals surface area (Å²) in [6, 6.07) is 19.4. The van der Waals surface area contributed by atoms with Crippen molar-refractivity contribution in [3.8, 4) is 6.07 Å². The molecule has 8 heteroatoms. The topological polar surface area (TPSA) is 94.5 Å². The maximum Gasteiger partial charge on any atom is 0.234 e. The molecule has 1 amide bonds. The second kappa shape index (κ2) is 10.3. The molecule has 0 atom stereocenters. The minimum absolute atomic E-state index is 0.152. The third kappa shape index (κ3) is 6.01. The van der Waals surface area contributed by atoms with Crippen molar-refractivity contribution in [2.75, 3.05) is 16.8 Å². The number of benzene rings is 2. The van der Waals surface area contributed by atoms with Gasteiger partial charge in [-0.25, -0.2) is 4.98 Å². The van der Waals surface area contributed by atoms with E-state index in [0.29, 0.717) is 22.4 Å². The second-order valence-electron chi connectivity index (χ2n) is 5.53. The van der Waals surface area contributed by atoms with Gasteiger partial charge in [0.15, 0.2) is 0 Å². The Morgan fingerprint density at radius 1 is 1.11 bits per heavy atom. The molecule has 28 heavy (non-hydrogen) atoms. The van der Waals surface area contributed by atoms with Gasteiger partial charge < -0.3 is 5.32 Å². The first-order valence-electron chi connectivity index (χ1n) is 8.41. The van der Waals surface area contributed by atoms with Gasteiger partial charge in [0.1, 0.15) is 5.82 Å². The summed E-state index contributed by atoms with van der Waals surface area (Å²) in [5, 5.41) is 19.1. The SMILES string of the molecule is N#CCSc1ccccc1NC(=O)CSc1n[nH]c(/C=C/c2ccccc2)n1. The Bertz CT molecular complexity index is 995. The van der Waals surface area contributed by atoms with E-state index < -0.39 is 0 Å². The fourth-order valence-electron chi connectivity index (χ4n) is 2.26. The van der Waals surface area contributed by atoms with E-state index in [4.69, 9.17) is 5.26 Å². The first-order valence-corrected chi connectivity index (χ1v) is 10.4. The molecule has 0 bridgehead atoms. The zero-order chi connectivity index (χ0) is 19.6. The smallest absolute Gasteiger partial charge is 0.234 e. The number of thioether (sulfide) groups is 2. The summed E-state index contributed by atoms with van der Waals surface area (Å²) in [5.74, 6) is 1.00. The Balaban J connectivity index is 1.52. The number of anilines is 1. The lowest BCUT2D eigenvalue weighted by molar-refractivity contribution is -0.113. The summed E-state index contributed by atoms with van der Waals surface area (Å²) in [5.41, 5.74) is 1.77. The number of carbonyl (C=O) groups is 1. The monoisotopic (exact) mass is 407 g/mol. The fraction of sp³-hybridized carbons (Fsp3) is 0.100. The summed E-state index contributed by atoms with van der Waals surface area (Å²) in [6.07, 6.45) is 3.78.